The first-order valence-electron chi connectivity index (χ1n) is 8.62. The smallest absolute Gasteiger partial charge is 0.320 e. The number of piperazine rings is 1. The molecule has 2 heterocycles. The Morgan fingerprint density at radius 1 is 1.20 bits per heavy atom. The largest absolute Gasteiger partial charge is 0.369 e. The number of amides is 2. The SMILES string of the molecule is Cc1cccc(N2CCN(CCNC(=O)Nc3cc(C)on3)CC2)c1. The maximum absolute atomic E-state index is 11.8. The van der Waals surface area contributed by atoms with Crippen molar-refractivity contribution in [1.82, 2.24) is 15.4 Å². The molecule has 0 bridgehead atoms. The van der Waals surface area contributed by atoms with Gasteiger partial charge in [0.25, 0.3) is 0 Å². The summed E-state index contributed by atoms with van der Waals surface area (Å²) in [5.41, 5.74) is 2.58. The Morgan fingerprint density at radius 3 is 2.68 bits per heavy atom. The first-order chi connectivity index (χ1) is 12.1. The van der Waals surface area contributed by atoms with Crippen LogP contribution in [0.1, 0.15) is 11.3 Å². The van der Waals surface area contributed by atoms with E-state index >= 15 is 0 Å². The second kappa shape index (κ2) is 8.02. The van der Waals surface area contributed by atoms with E-state index in [0.29, 0.717) is 18.1 Å². The van der Waals surface area contributed by atoms with Gasteiger partial charge in [-0.15, -0.1) is 0 Å². The lowest BCUT2D eigenvalue weighted by Crippen LogP contribution is -2.48. The molecule has 1 aromatic heterocycles. The third-order valence-electron chi connectivity index (χ3n) is 4.32. The Hall–Kier alpha value is -2.54. The standard InChI is InChI=1S/C18H25N5O2/c1-14-4-3-5-16(12-14)23-10-8-22(9-11-23)7-6-19-18(24)20-17-13-15(2)25-21-17/h3-5,12-13H,6-11H2,1-2H3,(H2,19,20,21,24). The van der Waals surface area contributed by atoms with Crippen LogP contribution >= 0.6 is 0 Å². The van der Waals surface area contributed by atoms with Crippen LogP contribution in [0, 0.1) is 13.8 Å². The van der Waals surface area contributed by atoms with Gasteiger partial charge in [0.15, 0.2) is 5.82 Å². The minimum absolute atomic E-state index is 0.258. The van der Waals surface area contributed by atoms with E-state index in [0.717, 1.165) is 32.7 Å². The average molecular weight is 343 g/mol. The molecule has 1 aliphatic rings. The van der Waals surface area contributed by atoms with Gasteiger partial charge in [-0.2, -0.15) is 0 Å². The van der Waals surface area contributed by atoms with E-state index in [-0.39, 0.29) is 6.03 Å². The summed E-state index contributed by atoms with van der Waals surface area (Å²) in [6, 6.07) is 10.1. The molecule has 0 radical (unpaired) electrons. The molecule has 25 heavy (non-hydrogen) atoms. The number of benzene rings is 1. The number of urea groups is 1. The lowest BCUT2D eigenvalue weighted by atomic mass is 10.2. The molecule has 0 unspecified atom stereocenters. The summed E-state index contributed by atoms with van der Waals surface area (Å²) in [7, 11) is 0. The molecule has 1 saturated heterocycles. The van der Waals surface area contributed by atoms with Gasteiger partial charge in [0.1, 0.15) is 5.76 Å². The predicted molar refractivity (Wildman–Crippen MR) is 98.1 cm³/mol. The van der Waals surface area contributed by atoms with Crippen molar-refractivity contribution in [3.8, 4) is 0 Å². The lowest BCUT2D eigenvalue weighted by molar-refractivity contribution is 0.240. The van der Waals surface area contributed by atoms with E-state index in [1.54, 1.807) is 13.0 Å². The number of hydrogen-bond donors (Lipinski definition) is 2. The molecule has 7 nitrogen and oxygen atoms in total. The van der Waals surface area contributed by atoms with E-state index in [2.05, 4.69) is 56.8 Å². The topological polar surface area (TPSA) is 73.6 Å². The number of hydrogen-bond acceptors (Lipinski definition) is 5. The quantitative estimate of drug-likeness (QED) is 0.871. The van der Waals surface area contributed by atoms with Gasteiger partial charge in [-0.05, 0) is 31.5 Å². The van der Waals surface area contributed by atoms with Crippen molar-refractivity contribution < 1.29 is 9.32 Å². The molecule has 2 N–H and O–H groups in total. The monoisotopic (exact) mass is 343 g/mol. The highest BCUT2D eigenvalue weighted by Gasteiger charge is 2.17. The van der Waals surface area contributed by atoms with Crippen molar-refractivity contribution in [2.75, 3.05) is 49.5 Å². The van der Waals surface area contributed by atoms with Crippen LogP contribution in [0.5, 0.6) is 0 Å². The molecule has 134 valence electrons. The fourth-order valence-corrected chi connectivity index (χ4v) is 2.97. The van der Waals surface area contributed by atoms with Crippen molar-refractivity contribution >= 4 is 17.5 Å². The number of nitrogens with one attached hydrogen (secondary N) is 2. The molecular formula is C18H25N5O2. The zero-order valence-corrected chi connectivity index (χ0v) is 14.8. The van der Waals surface area contributed by atoms with E-state index in [1.165, 1.54) is 11.3 Å². The summed E-state index contributed by atoms with van der Waals surface area (Å²) in [6.45, 7) is 9.37. The maximum atomic E-state index is 11.8. The summed E-state index contributed by atoms with van der Waals surface area (Å²) >= 11 is 0. The number of carbonyl (C=O) groups excluding carboxylic acids is 1. The lowest BCUT2D eigenvalue weighted by Gasteiger charge is -2.36. The minimum Gasteiger partial charge on any atom is -0.369 e. The van der Waals surface area contributed by atoms with Gasteiger partial charge < -0.3 is 14.7 Å². The number of aryl methyl sites for hydroxylation is 2. The van der Waals surface area contributed by atoms with Gasteiger partial charge in [-0.25, -0.2) is 4.79 Å². The molecule has 7 heteroatoms. The second-order valence-electron chi connectivity index (χ2n) is 6.37. The van der Waals surface area contributed by atoms with Gasteiger partial charge in [-0.3, -0.25) is 10.2 Å². The molecule has 1 fully saturated rings. The normalized spacial score (nSPS) is 15.2. The molecule has 3 rings (SSSR count). The van der Waals surface area contributed by atoms with E-state index < -0.39 is 0 Å². The van der Waals surface area contributed by atoms with Crippen LogP contribution in [0.25, 0.3) is 0 Å². The Balaban J connectivity index is 1.36. The van der Waals surface area contributed by atoms with Crippen LogP contribution in [-0.4, -0.2) is 55.4 Å². The minimum atomic E-state index is -0.258. The fourth-order valence-electron chi connectivity index (χ4n) is 2.97. The van der Waals surface area contributed by atoms with Crippen LogP contribution in [0.15, 0.2) is 34.9 Å². The number of nitrogens with zero attached hydrogens (tertiary/aromatic N) is 3. The number of carbonyl (C=O) groups is 1. The van der Waals surface area contributed by atoms with Crippen molar-refractivity contribution in [2.24, 2.45) is 0 Å². The highest BCUT2D eigenvalue weighted by atomic mass is 16.5. The maximum Gasteiger partial charge on any atom is 0.320 e. The third kappa shape index (κ3) is 4.96. The summed E-state index contributed by atoms with van der Waals surface area (Å²) in [4.78, 5) is 16.6. The zero-order valence-electron chi connectivity index (χ0n) is 14.8. The molecule has 1 aromatic carbocycles. The third-order valence-corrected chi connectivity index (χ3v) is 4.32. The zero-order chi connectivity index (χ0) is 17.6. The molecule has 0 saturated carbocycles. The van der Waals surface area contributed by atoms with Crippen LogP contribution in [0.4, 0.5) is 16.3 Å². The van der Waals surface area contributed by atoms with E-state index in [9.17, 15) is 4.79 Å². The Kier molecular flexibility index (Phi) is 5.55. The van der Waals surface area contributed by atoms with Crippen LogP contribution < -0.4 is 15.5 Å². The molecular weight excluding hydrogens is 318 g/mol. The van der Waals surface area contributed by atoms with Crippen molar-refractivity contribution in [2.45, 2.75) is 13.8 Å². The van der Waals surface area contributed by atoms with Crippen LogP contribution in [0.2, 0.25) is 0 Å². The molecule has 0 atom stereocenters. The molecule has 0 aliphatic carbocycles. The second-order valence-corrected chi connectivity index (χ2v) is 6.37. The number of anilines is 2. The number of rotatable bonds is 5. The van der Waals surface area contributed by atoms with Gasteiger partial charge >= 0.3 is 6.03 Å². The first kappa shape index (κ1) is 17.3. The van der Waals surface area contributed by atoms with Gasteiger partial charge in [-0.1, -0.05) is 17.3 Å². The van der Waals surface area contributed by atoms with Gasteiger partial charge in [0.05, 0.1) is 0 Å². The molecule has 0 spiro atoms. The number of aromatic nitrogens is 1. The highest BCUT2D eigenvalue weighted by molar-refractivity contribution is 5.88. The van der Waals surface area contributed by atoms with Crippen molar-refractivity contribution in [3.63, 3.8) is 0 Å². The highest BCUT2D eigenvalue weighted by Crippen LogP contribution is 2.17. The Bertz CT molecular complexity index is 707. The van der Waals surface area contributed by atoms with E-state index in [1.807, 2.05) is 0 Å². The van der Waals surface area contributed by atoms with Crippen molar-refractivity contribution in [1.29, 1.82) is 0 Å². The average Bonchev–Trinajstić information content (AvgIpc) is 3.00. The fraction of sp³-hybridized carbons (Fsp3) is 0.444. The van der Waals surface area contributed by atoms with E-state index in [4.69, 9.17) is 4.52 Å². The summed E-state index contributed by atoms with van der Waals surface area (Å²) in [5, 5.41) is 9.24. The summed E-state index contributed by atoms with van der Waals surface area (Å²) in [5.74, 6) is 1.10. The van der Waals surface area contributed by atoms with Crippen LogP contribution in [0.3, 0.4) is 0 Å². The Labute approximate surface area is 148 Å². The summed E-state index contributed by atoms with van der Waals surface area (Å²) in [6.07, 6.45) is 0. The van der Waals surface area contributed by atoms with Crippen LogP contribution in [-0.2, 0) is 0 Å². The molecule has 2 aromatic rings. The van der Waals surface area contributed by atoms with Gasteiger partial charge in [0.2, 0.25) is 0 Å². The first-order valence-corrected chi connectivity index (χ1v) is 8.62. The van der Waals surface area contributed by atoms with Crippen molar-refractivity contribution in [3.05, 3.63) is 41.7 Å². The van der Waals surface area contributed by atoms with Gasteiger partial charge in [0, 0.05) is 51.0 Å². The summed E-state index contributed by atoms with van der Waals surface area (Å²) < 4.78 is 4.91. The molecule has 1 aliphatic heterocycles. The molecule has 2 amide bonds. The Morgan fingerprint density at radius 2 is 2.00 bits per heavy atom. The predicted octanol–water partition coefficient (Wildman–Crippen LogP) is 2.24.